The summed E-state index contributed by atoms with van der Waals surface area (Å²) in [5, 5.41) is 3.02. The maximum Gasteiger partial charge on any atom is 0.501 e. The first-order valence-corrected chi connectivity index (χ1v) is 5.48. The minimum absolute atomic E-state index is 0.799. The van der Waals surface area contributed by atoms with Gasteiger partial charge in [0.1, 0.15) is 0 Å². The molecule has 0 atom stereocenters. The number of hydrogen-bond donors (Lipinski definition) is 1. The summed E-state index contributed by atoms with van der Waals surface area (Å²) in [7, 11) is 4.45. The van der Waals surface area contributed by atoms with E-state index in [2.05, 4.69) is 5.32 Å². The summed E-state index contributed by atoms with van der Waals surface area (Å²) < 4.78 is 15.6. The van der Waals surface area contributed by atoms with Crippen LogP contribution in [0.1, 0.15) is 0 Å². The van der Waals surface area contributed by atoms with Crippen molar-refractivity contribution in [3.63, 3.8) is 0 Å². The van der Waals surface area contributed by atoms with Gasteiger partial charge in [0, 0.05) is 27.4 Å². The molecule has 0 heterocycles. The van der Waals surface area contributed by atoms with Crippen LogP contribution in [0.15, 0.2) is 0 Å². The van der Waals surface area contributed by atoms with Crippen LogP contribution in [-0.2, 0) is 13.3 Å². The van der Waals surface area contributed by atoms with E-state index in [1.165, 1.54) is 0 Å². The van der Waals surface area contributed by atoms with Crippen molar-refractivity contribution in [2.75, 3.05) is 34.9 Å². The summed E-state index contributed by atoms with van der Waals surface area (Å²) in [5.41, 5.74) is 0. The highest BCUT2D eigenvalue weighted by Crippen LogP contribution is 2.10. The molecule has 5 heteroatoms. The standard InChI is InChI=1S/C6H17NO3Si/c1-7-5-6-11(8-2,9-3)10-4/h7H,5-6H2,1-4H3. The molecule has 0 saturated heterocycles. The van der Waals surface area contributed by atoms with Crippen molar-refractivity contribution in [3.05, 3.63) is 0 Å². The van der Waals surface area contributed by atoms with Crippen molar-refractivity contribution in [2.45, 2.75) is 6.04 Å². The van der Waals surface area contributed by atoms with Gasteiger partial charge in [-0.3, -0.25) is 0 Å². The fraction of sp³-hybridized carbons (Fsp3) is 1.00. The van der Waals surface area contributed by atoms with Crippen LogP contribution in [0.5, 0.6) is 0 Å². The molecule has 0 radical (unpaired) electrons. The van der Waals surface area contributed by atoms with Gasteiger partial charge in [-0.2, -0.15) is 0 Å². The van der Waals surface area contributed by atoms with Gasteiger partial charge in [0.05, 0.1) is 0 Å². The second-order valence-corrected chi connectivity index (χ2v) is 5.24. The molecule has 0 aliphatic rings. The minimum Gasteiger partial charge on any atom is -0.377 e. The molecule has 0 aromatic rings. The largest absolute Gasteiger partial charge is 0.501 e. The van der Waals surface area contributed by atoms with E-state index in [1.54, 1.807) is 21.3 Å². The van der Waals surface area contributed by atoms with Crippen molar-refractivity contribution >= 4 is 8.80 Å². The maximum atomic E-state index is 5.19. The van der Waals surface area contributed by atoms with Crippen molar-refractivity contribution < 1.29 is 13.3 Å². The molecular formula is C6H17NO3Si. The number of hydrogen-bond acceptors (Lipinski definition) is 4. The number of nitrogens with one attached hydrogen (secondary N) is 1. The highest BCUT2D eigenvalue weighted by Gasteiger charge is 2.36. The first-order valence-electron chi connectivity index (χ1n) is 3.54. The molecule has 0 unspecified atom stereocenters. The summed E-state index contributed by atoms with van der Waals surface area (Å²) in [6, 6.07) is 0.799. The molecule has 1 N–H and O–H groups in total. The van der Waals surface area contributed by atoms with Crippen LogP contribution in [-0.4, -0.2) is 43.7 Å². The van der Waals surface area contributed by atoms with Gasteiger partial charge < -0.3 is 18.6 Å². The van der Waals surface area contributed by atoms with Crippen LogP contribution in [0.4, 0.5) is 0 Å². The lowest BCUT2D eigenvalue weighted by Crippen LogP contribution is -2.44. The van der Waals surface area contributed by atoms with Gasteiger partial charge in [-0.25, -0.2) is 0 Å². The van der Waals surface area contributed by atoms with Gasteiger partial charge in [-0.15, -0.1) is 0 Å². The Morgan fingerprint density at radius 2 is 1.55 bits per heavy atom. The molecule has 0 fully saturated rings. The molecule has 0 rings (SSSR count). The van der Waals surface area contributed by atoms with Crippen LogP contribution < -0.4 is 5.32 Å². The first-order chi connectivity index (χ1) is 5.24. The average molecular weight is 179 g/mol. The van der Waals surface area contributed by atoms with Gasteiger partial charge in [0.25, 0.3) is 0 Å². The lowest BCUT2D eigenvalue weighted by atomic mass is 10.8. The second-order valence-electron chi connectivity index (χ2n) is 2.15. The highest BCUT2D eigenvalue weighted by atomic mass is 28.4. The molecule has 0 saturated carbocycles. The summed E-state index contributed by atoms with van der Waals surface area (Å²) in [6.45, 7) is 0.849. The maximum absolute atomic E-state index is 5.19. The van der Waals surface area contributed by atoms with Gasteiger partial charge >= 0.3 is 8.80 Å². The molecule has 0 amide bonds. The molecule has 0 spiro atoms. The molecule has 0 aliphatic carbocycles. The molecule has 0 aliphatic heterocycles. The van der Waals surface area contributed by atoms with E-state index in [0.717, 1.165) is 12.6 Å². The van der Waals surface area contributed by atoms with E-state index in [4.69, 9.17) is 13.3 Å². The Morgan fingerprint density at radius 3 is 1.82 bits per heavy atom. The Morgan fingerprint density at radius 1 is 1.09 bits per heavy atom. The fourth-order valence-electron chi connectivity index (χ4n) is 0.834. The average Bonchev–Trinajstić information content (AvgIpc) is 2.08. The second kappa shape index (κ2) is 5.67. The zero-order valence-electron chi connectivity index (χ0n) is 7.64. The van der Waals surface area contributed by atoms with E-state index in [0.29, 0.717) is 0 Å². The molecule has 68 valence electrons. The lowest BCUT2D eigenvalue weighted by molar-refractivity contribution is 0.124. The monoisotopic (exact) mass is 179 g/mol. The molecule has 11 heavy (non-hydrogen) atoms. The van der Waals surface area contributed by atoms with Gasteiger partial charge in [-0.05, 0) is 13.6 Å². The van der Waals surface area contributed by atoms with E-state index in [-0.39, 0.29) is 0 Å². The molecule has 0 aromatic carbocycles. The third-order valence-electron chi connectivity index (χ3n) is 1.61. The van der Waals surface area contributed by atoms with E-state index in [1.807, 2.05) is 7.05 Å². The summed E-state index contributed by atoms with van der Waals surface area (Å²) in [6.07, 6.45) is 0. The predicted molar refractivity (Wildman–Crippen MR) is 45.5 cm³/mol. The van der Waals surface area contributed by atoms with Gasteiger partial charge in [-0.1, -0.05) is 0 Å². The van der Waals surface area contributed by atoms with Crippen molar-refractivity contribution in [1.82, 2.24) is 5.32 Å². The minimum atomic E-state index is -2.30. The molecule has 4 nitrogen and oxygen atoms in total. The Balaban J connectivity index is 3.84. The summed E-state index contributed by atoms with van der Waals surface area (Å²) in [5.74, 6) is 0. The molecular weight excluding hydrogens is 162 g/mol. The van der Waals surface area contributed by atoms with Gasteiger partial charge in [0.2, 0.25) is 0 Å². The van der Waals surface area contributed by atoms with E-state index in [9.17, 15) is 0 Å². The highest BCUT2D eigenvalue weighted by molar-refractivity contribution is 6.60. The number of rotatable bonds is 6. The fourth-order valence-corrected chi connectivity index (χ4v) is 2.50. The molecule has 0 bridgehead atoms. The van der Waals surface area contributed by atoms with Crippen molar-refractivity contribution in [3.8, 4) is 0 Å². The van der Waals surface area contributed by atoms with E-state index >= 15 is 0 Å². The van der Waals surface area contributed by atoms with Crippen LogP contribution >= 0.6 is 0 Å². The van der Waals surface area contributed by atoms with Crippen LogP contribution in [0, 0.1) is 0 Å². The third kappa shape index (κ3) is 3.30. The van der Waals surface area contributed by atoms with Crippen LogP contribution in [0.25, 0.3) is 0 Å². The Bertz CT molecular complexity index is 89.6. The van der Waals surface area contributed by atoms with Crippen molar-refractivity contribution in [1.29, 1.82) is 0 Å². The van der Waals surface area contributed by atoms with Crippen molar-refractivity contribution in [2.24, 2.45) is 0 Å². The van der Waals surface area contributed by atoms with Crippen LogP contribution in [0.3, 0.4) is 0 Å². The Kier molecular flexibility index (Phi) is 5.70. The smallest absolute Gasteiger partial charge is 0.377 e. The summed E-state index contributed by atoms with van der Waals surface area (Å²) in [4.78, 5) is 0. The molecule has 0 aromatic heterocycles. The third-order valence-corrected chi connectivity index (χ3v) is 4.34. The summed E-state index contributed by atoms with van der Waals surface area (Å²) >= 11 is 0. The Hall–Kier alpha value is 0.0569. The zero-order valence-corrected chi connectivity index (χ0v) is 8.64. The van der Waals surface area contributed by atoms with E-state index < -0.39 is 8.80 Å². The normalized spacial score (nSPS) is 12.0. The van der Waals surface area contributed by atoms with Crippen LogP contribution in [0.2, 0.25) is 6.04 Å². The first kappa shape index (κ1) is 11.1. The zero-order chi connectivity index (χ0) is 8.74. The quantitative estimate of drug-likeness (QED) is 0.586. The SMILES string of the molecule is CNCC[Si](OC)(OC)OC. The lowest BCUT2D eigenvalue weighted by Gasteiger charge is -2.23. The van der Waals surface area contributed by atoms with Gasteiger partial charge in [0.15, 0.2) is 0 Å². The predicted octanol–water partition coefficient (Wildman–Crippen LogP) is 0.0839. The Labute approximate surface area is 69.2 Å². The topological polar surface area (TPSA) is 39.7 Å².